The molecule has 35 heavy (non-hydrogen) atoms. The Kier molecular flexibility index (Phi) is 11.4. The lowest BCUT2D eigenvalue weighted by atomic mass is 10.1. The van der Waals surface area contributed by atoms with Crippen molar-refractivity contribution >= 4 is 63.5 Å². The summed E-state index contributed by atoms with van der Waals surface area (Å²) in [6.45, 7) is 3.03. The molecule has 1 heterocycles. The first-order chi connectivity index (χ1) is 16.7. The van der Waals surface area contributed by atoms with Gasteiger partial charge in [0, 0.05) is 5.56 Å². The predicted octanol–water partition coefficient (Wildman–Crippen LogP) is 3.93. The third kappa shape index (κ3) is 7.61. The number of anilines is 1. The Bertz CT molecular complexity index is 1070. The number of hydrogen-bond donors (Lipinski definition) is 2. The van der Waals surface area contributed by atoms with Crippen molar-refractivity contribution in [2.24, 2.45) is 0 Å². The Labute approximate surface area is 216 Å². The molecule has 2 rings (SSSR count). The molecule has 12 heteroatoms. The zero-order valence-electron chi connectivity index (χ0n) is 19.6. The molecular formula is C23H27ClN2O7S2. The minimum Gasteiger partial charge on any atom is -0.462 e. The third-order valence-electron chi connectivity index (χ3n) is 4.65. The van der Waals surface area contributed by atoms with Crippen molar-refractivity contribution in [3.8, 4) is 0 Å². The van der Waals surface area contributed by atoms with Gasteiger partial charge >= 0.3 is 17.9 Å². The van der Waals surface area contributed by atoms with Gasteiger partial charge in [-0.1, -0.05) is 23.7 Å². The highest BCUT2D eigenvalue weighted by atomic mass is 35.5. The van der Waals surface area contributed by atoms with Gasteiger partial charge in [0.05, 0.1) is 23.8 Å². The van der Waals surface area contributed by atoms with Crippen LogP contribution in [0.15, 0.2) is 24.3 Å². The number of hydrogen-bond acceptors (Lipinski definition) is 10. The maximum atomic E-state index is 13.0. The zero-order chi connectivity index (χ0) is 26.0. The molecule has 1 amide bonds. The Morgan fingerprint density at radius 3 is 2.37 bits per heavy atom. The van der Waals surface area contributed by atoms with Gasteiger partial charge in [-0.05, 0) is 44.4 Å². The fraction of sp³-hybridized carbons (Fsp3) is 0.391. The fourth-order valence-corrected chi connectivity index (χ4v) is 4.67. The fourth-order valence-electron chi connectivity index (χ4n) is 3.02. The van der Waals surface area contributed by atoms with Crippen molar-refractivity contribution in [1.29, 1.82) is 0 Å². The molecule has 0 saturated carbocycles. The summed E-state index contributed by atoms with van der Waals surface area (Å²) in [5.41, 5.74) is 6.25. The monoisotopic (exact) mass is 542 g/mol. The third-order valence-corrected chi connectivity index (χ3v) is 6.67. The molecule has 0 spiro atoms. The normalized spacial score (nSPS) is 11.4. The predicted molar refractivity (Wildman–Crippen MR) is 136 cm³/mol. The van der Waals surface area contributed by atoms with Gasteiger partial charge in [0.25, 0.3) is 5.91 Å². The average Bonchev–Trinajstić information content (AvgIpc) is 3.16. The SMILES string of the molecule is CCOC(=O)c1sc(N)c(C(=O)OCC)c1COC(=O)C(CCSC)NC(=O)c1ccccc1Cl. The van der Waals surface area contributed by atoms with Gasteiger partial charge in [-0.25, -0.2) is 14.4 Å². The molecule has 0 bridgehead atoms. The summed E-state index contributed by atoms with van der Waals surface area (Å²) in [6.07, 6.45) is 2.15. The number of ether oxygens (including phenoxy) is 3. The van der Waals surface area contributed by atoms with Gasteiger partial charge in [0.15, 0.2) is 0 Å². The highest BCUT2D eigenvalue weighted by Crippen LogP contribution is 2.33. The van der Waals surface area contributed by atoms with Gasteiger partial charge in [0.1, 0.15) is 28.1 Å². The van der Waals surface area contributed by atoms with E-state index in [4.69, 9.17) is 31.5 Å². The van der Waals surface area contributed by atoms with E-state index in [1.54, 1.807) is 38.1 Å². The van der Waals surface area contributed by atoms with Crippen LogP contribution >= 0.6 is 34.7 Å². The molecule has 0 fully saturated rings. The van der Waals surface area contributed by atoms with Crippen LogP contribution in [0, 0.1) is 0 Å². The minimum absolute atomic E-state index is 0.0426. The number of nitrogen functional groups attached to an aromatic ring is 1. The van der Waals surface area contributed by atoms with E-state index in [1.165, 1.54) is 11.8 Å². The van der Waals surface area contributed by atoms with Crippen LogP contribution < -0.4 is 11.1 Å². The molecule has 0 radical (unpaired) electrons. The van der Waals surface area contributed by atoms with E-state index in [2.05, 4.69) is 5.32 Å². The summed E-state index contributed by atoms with van der Waals surface area (Å²) in [6, 6.07) is 5.47. The first-order valence-corrected chi connectivity index (χ1v) is 13.3. The van der Waals surface area contributed by atoms with Crippen molar-refractivity contribution in [1.82, 2.24) is 5.32 Å². The second-order valence-electron chi connectivity index (χ2n) is 6.99. The number of benzene rings is 1. The quantitative estimate of drug-likeness (QED) is 0.302. The minimum atomic E-state index is -0.987. The number of nitrogens with two attached hydrogens (primary N) is 1. The van der Waals surface area contributed by atoms with Gasteiger partial charge < -0.3 is 25.3 Å². The van der Waals surface area contributed by atoms with Crippen molar-refractivity contribution in [3.63, 3.8) is 0 Å². The number of carbonyl (C=O) groups excluding carboxylic acids is 4. The number of rotatable bonds is 12. The number of esters is 3. The van der Waals surface area contributed by atoms with E-state index in [0.717, 1.165) is 11.3 Å². The summed E-state index contributed by atoms with van der Waals surface area (Å²) in [4.78, 5) is 50.6. The van der Waals surface area contributed by atoms with Gasteiger partial charge in [-0.2, -0.15) is 11.8 Å². The summed E-state index contributed by atoms with van der Waals surface area (Å²) in [5.74, 6) is -2.15. The highest BCUT2D eigenvalue weighted by molar-refractivity contribution is 7.98. The number of amides is 1. The summed E-state index contributed by atoms with van der Waals surface area (Å²) in [7, 11) is 0. The molecule has 0 aliphatic heterocycles. The first-order valence-electron chi connectivity index (χ1n) is 10.7. The molecule has 1 aromatic heterocycles. The van der Waals surface area contributed by atoms with E-state index in [1.807, 2.05) is 6.26 Å². The van der Waals surface area contributed by atoms with Crippen LogP contribution in [0.5, 0.6) is 0 Å². The number of halogens is 1. The standard InChI is InChI=1S/C23H27ClN2O7S2/c1-4-31-22(29)17-14(18(35-19(17)25)23(30)32-5-2)12-33-21(28)16(10-11-34-3)26-20(27)13-8-6-7-9-15(13)24/h6-9,16H,4-5,10-12,25H2,1-3H3,(H,26,27). The van der Waals surface area contributed by atoms with E-state index in [0.29, 0.717) is 5.75 Å². The van der Waals surface area contributed by atoms with E-state index < -0.39 is 36.5 Å². The molecule has 0 aliphatic carbocycles. The van der Waals surface area contributed by atoms with Crippen molar-refractivity contribution in [3.05, 3.63) is 50.9 Å². The van der Waals surface area contributed by atoms with Crippen molar-refractivity contribution in [2.45, 2.75) is 32.9 Å². The molecule has 9 nitrogen and oxygen atoms in total. The summed E-state index contributed by atoms with van der Waals surface area (Å²) >= 11 is 8.44. The smallest absolute Gasteiger partial charge is 0.348 e. The van der Waals surface area contributed by atoms with E-state index in [-0.39, 0.29) is 51.2 Å². The number of thiophene rings is 1. The second-order valence-corrected chi connectivity index (χ2v) is 9.43. The molecule has 0 aliphatic rings. The first kappa shape index (κ1) is 28.5. The van der Waals surface area contributed by atoms with Crippen LogP contribution in [0.4, 0.5) is 5.00 Å². The Hall–Kier alpha value is -2.76. The van der Waals surface area contributed by atoms with E-state index >= 15 is 0 Å². The van der Waals surface area contributed by atoms with Crippen LogP contribution in [0.1, 0.15) is 56.2 Å². The van der Waals surface area contributed by atoms with Crippen LogP contribution in [0.2, 0.25) is 5.02 Å². The van der Waals surface area contributed by atoms with Gasteiger partial charge in [-0.3, -0.25) is 4.79 Å². The molecular weight excluding hydrogens is 516 g/mol. The topological polar surface area (TPSA) is 134 Å². The molecule has 0 saturated heterocycles. The van der Waals surface area contributed by atoms with Crippen molar-refractivity contribution in [2.75, 3.05) is 31.0 Å². The maximum Gasteiger partial charge on any atom is 0.348 e. The number of thioether (sulfide) groups is 1. The molecule has 1 atom stereocenters. The maximum absolute atomic E-state index is 13.0. The lowest BCUT2D eigenvalue weighted by molar-refractivity contribution is -0.147. The Morgan fingerprint density at radius 2 is 1.74 bits per heavy atom. The largest absolute Gasteiger partial charge is 0.462 e. The van der Waals surface area contributed by atoms with Crippen LogP contribution in [-0.2, 0) is 25.6 Å². The second kappa shape index (κ2) is 14.0. The molecule has 1 aromatic carbocycles. The van der Waals surface area contributed by atoms with Gasteiger partial charge in [0.2, 0.25) is 0 Å². The molecule has 3 N–H and O–H groups in total. The lowest BCUT2D eigenvalue weighted by Crippen LogP contribution is -2.42. The van der Waals surface area contributed by atoms with Gasteiger partial charge in [-0.15, -0.1) is 11.3 Å². The molecule has 1 unspecified atom stereocenters. The number of nitrogens with one attached hydrogen (secondary N) is 1. The molecule has 190 valence electrons. The number of carbonyl (C=O) groups is 4. The Balaban J connectivity index is 2.27. The molecule has 2 aromatic rings. The van der Waals surface area contributed by atoms with Crippen LogP contribution in [0.25, 0.3) is 0 Å². The van der Waals surface area contributed by atoms with Crippen LogP contribution in [0.3, 0.4) is 0 Å². The van der Waals surface area contributed by atoms with E-state index in [9.17, 15) is 19.2 Å². The van der Waals surface area contributed by atoms with Crippen molar-refractivity contribution < 1.29 is 33.4 Å². The lowest BCUT2D eigenvalue weighted by Gasteiger charge is -2.18. The summed E-state index contributed by atoms with van der Waals surface area (Å²) in [5, 5.41) is 2.94. The highest BCUT2D eigenvalue weighted by Gasteiger charge is 2.30. The Morgan fingerprint density at radius 1 is 1.09 bits per heavy atom. The van der Waals surface area contributed by atoms with Crippen LogP contribution in [-0.4, -0.2) is 55.1 Å². The summed E-state index contributed by atoms with van der Waals surface area (Å²) < 4.78 is 15.5. The zero-order valence-corrected chi connectivity index (χ0v) is 21.9. The average molecular weight is 543 g/mol.